The number of carbonyl (C=O) groups is 3. The molecule has 3 N–H and O–H groups in total. The number of aromatic carboxylic acids is 1. The molecule has 216 valence electrons. The molecule has 40 heavy (non-hydrogen) atoms. The number of nitrogens with one attached hydrogen (secondary N) is 1. The van der Waals surface area contributed by atoms with Crippen LogP contribution in [-0.2, 0) is 16.1 Å². The standard InChI is InChI=1S/C30H39N3O7/c1-19-15-33(20(2)18-34)29(36)24-5-4-6-25(31-28(35)22-11-13-39-14-12-22)27(24)40-26(19)17-32(3)16-21-7-9-23(10-8-21)30(37)38/h4-10,19-20,22,26,34H,11-18H2,1-3H3,(H,31,35)(H,37,38)/t19-,20-,26-/m0/s1. The van der Waals surface area contributed by atoms with Crippen LogP contribution in [0.3, 0.4) is 0 Å². The molecule has 0 radical (unpaired) electrons. The number of para-hydroxylation sites is 1. The first kappa shape index (κ1) is 29.5. The van der Waals surface area contributed by atoms with E-state index in [1.54, 1.807) is 47.4 Å². The van der Waals surface area contributed by atoms with E-state index in [1.165, 1.54) is 0 Å². The topological polar surface area (TPSA) is 129 Å². The van der Waals surface area contributed by atoms with Crippen molar-refractivity contribution in [2.24, 2.45) is 11.8 Å². The van der Waals surface area contributed by atoms with Crippen LogP contribution in [0.1, 0.15) is 53.0 Å². The summed E-state index contributed by atoms with van der Waals surface area (Å²) in [6.07, 6.45) is 0.936. The molecular formula is C30H39N3O7. The zero-order valence-electron chi connectivity index (χ0n) is 23.3. The van der Waals surface area contributed by atoms with E-state index < -0.39 is 12.0 Å². The zero-order valence-corrected chi connectivity index (χ0v) is 23.3. The Bertz CT molecular complexity index is 1200. The predicted octanol–water partition coefficient (Wildman–Crippen LogP) is 3.10. The van der Waals surface area contributed by atoms with Crippen molar-refractivity contribution in [2.45, 2.75) is 45.4 Å². The molecule has 0 unspecified atom stereocenters. The molecule has 0 aliphatic carbocycles. The summed E-state index contributed by atoms with van der Waals surface area (Å²) >= 11 is 0. The second-order valence-corrected chi connectivity index (χ2v) is 10.9. The van der Waals surface area contributed by atoms with E-state index in [-0.39, 0.29) is 41.9 Å². The van der Waals surface area contributed by atoms with Gasteiger partial charge in [0.1, 0.15) is 6.10 Å². The van der Waals surface area contributed by atoms with E-state index in [9.17, 15) is 24.6 Å². The van der Waals surface area contributed by atoms with Gasteiger partial charge in [0.2, 0.25) is 5.91 Å². The maximum absolute atomic E-state index is 13.7. The average Bonchev–Trinajstić information content (AvgIpc) is 2.95. The number of fused-ring (bicyclic) bond motifs is 1. The Kier molecular flexibility index (Phi) is 9.78. The summed E-state index contributed by atoms with van der Waals surface area (Å²) in [4.78, 5) is 41.7. The quantitative estimate of drug-likeness (QED) is 0.432. The van der Waals surface area contributed by atoms with E-state index in [1.807, 2.05) is 20.9 Å². The van der Waals surface area contributed by atoms with Gasteiger partial charge < -0.3 is 29.9 Å². The summed E-state index contributed by atoms with van der Waals surface area (Å²) in [6.45, 7) is 6.20. The molecule has 2 aliphatic heterocycles. The number of aliphatic hydroxyl groups is 1. The highest BCUT2D eigenvalue weighted by Crippen LogP contribution is 2.35. The molecule has 2 aromatic rings. The molecule has 3 atom stereocenters. The number of carboxylic acid groups (broad SMARTS) is 1. The Balaban J connectivity index is 1.60. The monoisotopic (exact) mass is 553 g/mol. The van der Waals surface area contributed by atoms with Crippen LogP contribution in [0.15, 0.2) is 42.5 Å². The molecule has 2 heterocycles. The van der Waals surface area contributed by atoms with Gasteiger partial charge in [-0.25, -0.2) is 4.79 Å². The second-order valence-electron chi connectivity index (χ2n) is 10.9. The smallest absolute Gasteiger partial charge is 0.335 e. The fourth-order valence-electron chi connectivity index (χ4n) is 5.19. The van der Waals surface area contributed by atoms with E-state index in [4.69, 9.17) is 9.47 Å². The van der Waals surface area contributed by atoms with Crippen molar-refractivity contribution >= 4 is 23.5 Å². The number of carbonyl (C=O) groups excluding carboxylic acids is 2. The molecule has 2 aliphatic rings. The van der Waals surface area contributed by atoms with E-state index in [2.05, 4.69) is 10.2 Å². The number of carboxylic acids is 1. The minimum Gasteiger partial charge on any atom is -0.486 e. The molecule has 0 aromatic heterocycles. The van der Waals surface area contributed by atoms with Crippen molar-refractivity contribution < 1.29 is 34.1 Å². The van der Waals surface area contributed by atoms with E-state index >= 15 is 0 Å². The molecule has 1 saturated heterocycles. The van der Waals surface area contributed by atoms with Crippen molar-refractivity contribution in [2.75, 3.05) is 45.3 Å². The largest absolute Gasteiger partial charge is 0.486 e. The number of nitrogens with zero attached hydrogens (tertiary/aromatic N) is 2. The summed E-state index contributed by atoms with van der Waals surface area (Å²) in [5.41, 5.74) is 1.98. The lowest BCUT2D eigenvalue weighted by Gasteiger charge is -2.38. The normalized spacial score (nSPS) is 20.7. The maximum Gasteiger partial charge on any atom is 0.335 e. The minimum atomic E-state index is -0.966. The average molecular weight is 554 g/mol. The van der Waals surface area contributed by atoms with Crippen molar-refractivity contribution in [1.29, 1.82) is 0 Å². The second kappa shape index (κ2) is 13.3. The fourth-order valence-corrected chi connectivity index (χ4v) is 5.19. The molecule has 1 fully saturated rings. The molecule has 10 heteroatoms. The third kappa shape index (κ3) is 6.99. The molecule has 10 nitrogen and oxygen atoms in total. The van der Waals surface area contributed by atoms with Crippen molar-refractivity contribution in [1.82, 2.24) is 9.80 Å². The number of aliphatic hydroxyl groups excluding tert-OH is 1. The van der Waals surface area contributed by atoms with Gasteiger partial charge >= 0.3 is 5.97 Å². The summed E-state index contributed by atoms with van der Waals surface area (Å²) in [7, 11) is 1.96. The lowest BCUT2D eigenvalue weighted by Crippen LogP contribution is -2.49. The van der Waals surface area contributed by atoms with Crippen LogP contribution >= 0.6 is 0 Å². The zero-order chi connectivity index (χ0) is 28.8. The molecule has 4 rings (SSSR count). The van der Waals surface area contributed by atoms with E-state index in [0.29, 0.717) is 62.7 Å². The summed E-state index contributed by atoms with van der Waals surface area (Å²) in [6, 6.07) is 11.5. The fraction of sp³-hybridized carbons (Fsp3) is 0.500. The summed E-state index contributed by atoms with van der Waals surface area (Å²) in [5.74, 6) is -1.28. The third-order valence-corrected chi connectivity index (χ3v) is 7.69. The molecule has 0 bridgehead atoms. The Morgan fingerprint density at radius 3 is 2.50 bits per heavy atom. The Morgan fingerprint density at radius 1 is 1.15 bits per heavy atom. The first-order chi connectivity index (χ1) is 19.2. The Hall–Kier alpha value is -3.47. The summed E-state index contributed by atoms with van der Waals surface area (Å²) in [5, 5.41) is 22.1. The Labute approximate surface area is 234 Å². The first-order valence-electron chi connectivity index (χ1n) is 13.8. The highest BCUT2D eigenvalue weighted by molar-refractivity contribution is 6.02. The van der Waals surface area contributed by atoms with Crippen molar-refractivity contribution in [3.8, 4) is 5.75 Å². The van der Waals surface area contributed by atoms with Crippen LogP contribution < -0.4 is 10.1 Å². The van der Waals surface area contributed by atoms with Crippen LogP contribution in [0, 0.1) is 11.8 Å². The number of anilines is 1. The van der Waals surface area contributed by atoms with Gasteiger partial charge in [0, 0.05) is 44.7 Å². The van der Waals surface area contributed by atoms with Crippen LogP contribution in [0.25, 0.3) is 0 Å². The molecule has 2 amide bonds. The van der Waals surface area contributed by atoms with Gasteiger partial charge in [-0.2, -0.15) is 0 Å². The number of likely N-dealkylation sites (N-methyl/N-ethyl adjacent to an activating group) is 1. The minimum absolute atomic E-state index is 0.0952. The lowest BCUT2D eigenvalue weighted by molar-refractivity contribution is -0.122. The van der Waals surface area contributed by atoms with Crippen LogP contribution in [0.4, 0.5) is 5.69 Å². The van der Waals surface area contributed by atoms with Gasteiger partial charge in [0.25, 0.3) is 5.91 Å². The van der Waals surface area contributed by atoms with Gasteiger partial charge in [0.05, 0.1) is 29.5 Å². The highest BCUT2D eigenvalue weighted by atomic mass is 16.5. The number of ether oxygens (including phenoxy) is 2. The summed E-state index contributed by atoms with van der Waals surface area (Å²) < 4.78 is 12.0. The van der Waals surface area contributed by atoms with Crippen LogP contribution in [0.5, 0.6) is 5.75 Å². The number of amides is 2. The molecule has 2 aromatic carbocycles. The van der Waals surface area contributed by atoms with Gasteiger partial charge in [-0.1, -0.05) is 25.1 Å². The third-order valence-electron chi connectivity index (χ3n) is 7.69. The number of rotatable bonds is 9. The van der Waals surface area contributed by atoms with Gasteiger partial charge in [-0.05, 0) is 56.6 Å². The maximum atomic E-state index is 13.7. The molecule has 0 saturated carbocycles. The Morgan fingerprint density at radius 2 is 1.85 bits per heavy atom. The van der Waals surface area contributed by atoms with Crippen LogP contribution in [0.2, 0.25) is 0 Å². The van der Waals surface area contributed by atoms with Gasteiger partial charge in [-0.15, -0.1) is 0 Å². The predicted molar refractivity (Wildman–Crippen MR) is 150 cm³/mol. The van der Waals surface area contributed by atoms with Gasteiger partial charge in [0.15, 0.2) is 5.75 Å². The van der Waals surface area contributed by atoms with Crippen LogP contribution in [-0.4, -0.2) is 89.9 Å². The SMILES string of the molecule is C[C@H]1CN([C@@H](C)CO)C(=O)c2cccc(NC(=O)C3CCOCC3)c2O[C@H]1CN(C)Cc1ccc(C(=O)O)cc1. The van der Waals surface area contributed by atoms with E-state index in [0.717, 1.165) is 5.56 Å². The first-order valence-corrected chi connectivity index (χ1v) is 13.8. The number of benzene rings is 2. The van der Waals surface area contributed by atoms with Gasteiger partial charge in [-0.3, -0.25) is 14.5 Å². The van der Waals surface area contributed by atoms with Crippen molar-refractivity contribution in [3.63, 3.8) is 0 Å². The lowest BCUT2D eigenvalue weighted by atomic mass is 9.98. The van der Waals surface area contributed by atoms with Crippen molar-refractivity contribution in [3.05, 3.63) is 59.2 Å². The molecule has 0 spiro atoms. The molecular weight excluding hydrogens is 514 g/mol. The number of hydrogen-bond acceptors (Lipinski definition) is 7. The highest BCUT2D eigenvalue weighted by Gasteiger charge is 2.35. The number of hydrogen-bond donors (Lipinski definition) is 3.